The Hall–Kier alpha value is -0.990. The van der Waals surface area contributed by atoms with E-state index in [0.717, 1.165) is 13.0 Å². The molecule has 0 aliphatic heterocycles. The summed E-state index contributed by atoms with van der Waals surface area (Å²) in [6.07, 6.45) is 3.11. The summed E-state index contributed by atoms with van der Waals surface area (Å²) < 4.78 is 0. The molecule has 0 aromatic heterocycles. The molecule has 0 radical (unpaired) electrons. The van der Waals surface area contributed by atoms with Crippen LogP contribution in [0.15, 0.2) is 16.6 Å². The van der Waals surface area contributed by atoms with Crippen LogP contribution in [-0.4, -0.2) is 19.0 Å². The summed E-state index contributed by atoms with van der Waals surface area (Å²) in [5.41, 5.74) is 6.82. The van der Waals surface area contributed by atoms with Crippen molar-refractivity contribution in [1.29, 1.82) is 0 Å². The Morgan fingerprint density at radius 1 is 1.50 bits per heavy atom. The van der Waals surface area contributed by atoms with E-state index in [1.54, 1.807) is 0 Å². The van der Waals surface area contributed by atoms with Gasteiger partial charge in [-0.15, -0.1) is 0 Å². The molecule has 70 valence electrons. The van der Waals surface area contributed by atoms with Gasteiger partial charge in [0, 0.05) is 6.54 Å². The number of allylic oxidation sites excluding steroid dienone is 1. The van der Waals surface area contributed by atoms with Crippen LogP contribution in [0.5, 0.6) is 0 Å². The third-order valence-corrected chi connectivity index (χ3v) is 1.32. The molecule has 0 spiro atoms. The molecular weight excluding hydrogens is 150 g/mol. The van der Waals surface area contributed by atoms with Crippen LogP contribution in [0.2, 0.25) is 0 Å². The SMILES string of the molecule is CCCNC(N)=NCC=C(C)C. The van der Waals surface area contributed by atoms with Crippen molar-refractivity contribution in [2.24, 2.45) is 10.7 Å². The Bertz CT molecular complexity index is 167. The summed E-state index contributed by atoms with van der Waals surface area (Å²) in [4.78, 5) is 4.11. The molecule has 0 saturated heterocycles. The van der Waals surface area contributed by atoms with Crippen molar-refractivity contribution in [2.45, 2.75) is 27.2 Å². The lowest BCUT2D eigenvalue weighted by Crippen LogP contribution is -2.32. The molecule has 0 fully saturated rings. The number of nitrogens with two attached hydrogens (primary N) is 1. The maximum absolute atomic E-state index is 5.56. The molecule has 3 heteroatoms. The van der Waals surface area contributed by atoms with E-state index < -0.39 is 0 Å². The van der Waals surface area contributed by atoms with Gasteiger partial charge in [-0.05, 0) is 20.3 Å². The highest BCUT2D eigenvalue weighted by atomic mass is 15.1. The first-order chi connectivity index (χ1) is 5.66. The molecule has 0 aromatic rings. The summed E-state index contributed by atoms with van der Waals surface area (Å²) in [6, 6.07) is 0. The van der Waals surface area contributed by atoms with Gasteiger partial charge in [0.15, 0.2) is 5.96 Å². The minimum atomic E-state index is 0.536. The fraction of sp³-hybridized carbons (Fsp3) is 0.667. The zero-order valence-corrected chi connectivity index (χ0v) is 8.22. The zero-order chi connectivity index (χ0) is 9.40. The average molecular weight is 169 g/mol. The van der Waals surface area contributed by atoms with E-state index in [2.05, 4.69) is 17.2 Å². The minimum Gasteiger partial charge on any atom is -0.370 e. The van der Waals surface area contributed by atoms with Gasteiger partial charge in [0.2, 0.25) is 0 Å². The van der Waals surface area contributed by atoms with Crippen molar-refractivity contribution in [3.63, 3.8) is 0 Å². The summed E-state index contributed by atoms with van der Waals surface area (Å²) >= 11 is 0. The van der Waals surface area contributed by atoms with Gasteiger partial charge in [-0.25, -0.2) is 4.99 Å². The van der Waals surface area contributed by atoms with Crippen molar-refractivity contribution >= 4 is 5.96 Å². The molecule has 0 atom stereocenters. The van der Waals surface area contributed by atoms with Crippen molar-refractivity contribution in [1.82, 2.24) is 5.32 Å². The Labute approximate surface area is 74.8 Å². The largest absolute Gasteiger partial charge is 0.370 e. The highest BCUT2D eigenvalue weighted by molar-refractivity contribution is 5.77. The molecular formula is C9H19N3. The summed E-state index contributed by atoms with van der Waals surface area (Å²) in [7, 11) is 0. The van der Waals surface area contributed by atoms with Gasteiger partial charge in [-0.1, -0.05) is 18.6 Å². The molecule has 0 aliphatic rings. The molecule has 12 heavy (non-hydrogen) atoms. The van der Waals surface area contributed by atoms with Crippen LogP contribution in [0.25, 0.3) is 0 Å². The van der Waals surface area contributed by atoms with Crippen molar-refractivity contribution < 1.29 is 0 Å². The normalized spacial score (nSPS) is 11.1. The van der Waals surface area contributed by atoms with Crippen LogP contribution in [0.3, 0.4) is 0 Å². The number of guanidine groups is 1. The number of nitrogens with one attached hydrogen (secondary N) is 1. The second-order valence-corrected chi connectivity index (χ2v) is 2.93. The fourth-order valence-electron chi connectivity index (χ4n) is 0.636. The fourth-order valence-corrected chi connectivity index (χ4v) is 0.636. The van der Waals surface area contributed by atoms with Gasteiger partial charge in [0.1, 0.15) is 0 Å². The standard InChI is InChI=1S/C9H19N3/c1-4-6-11-9(10)12-7-5-8(2)3/h5H,4,6-7H2,1-3H3,(H3,10,11,12). The van der Waals surface area contributed by atoms with Crippen LogP contribution >= 0.6 is 0 Å². The number of hydrogen-bond donors (Lipinski definition) is 2. The van der Waals surface area contributed by atoms with Crippen LogP contribution in [-0.2, 0) is 0 Å². The van der Waals surface area contributed by atoms with Gasteiger partial charge < -0.3 is 11.1 Å². The van der Waals surface area contributed by atoms with Crippen molar-refractivity contribution in [3.05, 3.63) is 11.6 Å². The number of nitrogens with zero attached hydrogens (tertiary/aromatic N) is 1. The molecule has 0 amide bonds. The van der Waals surface area contributed by atoms with Gasteiger partial charge in [0.25, 0.3) is 0 Å². The predicted molar refractivity (Wildman–Crippen MR) is 54.2 cm³/mol. The number of aliphatic imine (C=N–C) groups is 1. The van der Waals surface area contributed by atoms with E-state index in [4.69, 9.17) is 5.73 Å². The molecule has 0 unspecified atom stereocenters. The van der Waals surface area contributed by atoms with Crippen LogP contribution in [0.4, 0.5) is 0 Å². The lowest BCUT2D eigenvalue weighted by Gasteiger charge is -2.01. The van der Waals surface area contributed by atoms with Crippen molar-refractivity contribution in [2.75, 3.05) is 13.1 Å². The van der Waals surface area contributed by atoms with E-state index in [1.807, 2.05) is 19.9 Å². The van der Waals surface area contributed by atoms with Gasteiger partial charge in [-0.3, -0.25) is 0 Å². The Morgan fingerprint density at radius 3 is 2.67 bits per heavy atom. The second kappa shape index (κ2) is 6.70. The lowest BCUT2D eigenvalue weighted by atomic mass is 10.3. The monoisotopic (exact) mass is 169 g/mol. The smallest absolute Gasteiger partial charge is 0.188 e. The third kappa shape index (κ3) is 7.12. The molecule has 0 heterocycles. The quantitative estimate of drug-likeness (QED) is 0.378. The molecule has 0 bridgehead atoms. The first-order valence-electron chi connectivity index (χ1n) is 4.34. The molecule has 0 aromatic carbocycles. The van der Waals surface area contributed by atoms with Crippen LogP contribution in [0.1, 0.15) is 27.2 Å². The van der Waals surface area contributed by atoms with E-state index in [-0.39, 0.29) is 0 Å². The average Bonchev–Trinajstić information content (AvgIpc) is 2.00. The molecule has 3 N–H and O–H groups in total. The summed E-state index contributed by atoms with van der Waals surface area (Å²) in [5, 5.41) is 3.00. The molecule has 0 rings (SSSR count). The van der Waals surface area contributed by atoms with Gasteiger partial charge in [-0.2, -0.15) is 0 Å². The highest BCUT2D eigenvalue weighted by Gasteiger charge is 1.86. The van der Waals surface area contributed by atoms with Crippen LogP contribution < -0.4 is 11.1 Å². The Balaban J connectivity index is 3.61. The molecule has 3 nitrogen and oxygen atoms in total. The molecule has 0 saturated carbocycles. The van der Waals surface area contributed by atoms with E-state index in [0.29, 0.717) is 12.5 Å². The maximum Gasteiger partial charge on any atom is 0.188 e. The second-order valence-electron chi connectivity index (χ2n) is 2.93. The number of hydrogen-bond acceptors (Lipinski definition) is 1. The highest BCUT2D eigenvalue weighted by Crippen LogP contribution is 1.87. The predicted octanol–water partition coefficient (Wildman–Crippen LogP) is 1.27. The number of rotatable bonds is 4. The van der Waals surface area contributed by atoms with Gasteiger partial charge >= 0.3 is 0 Å². The minimum absolute atomic E-state index is 0.536. The Kier molecular flexibility index (Phi) is 6.15. The first-order valence-corrected chi connectivity index (χ1v) is 4.34. The van der Waals surface area contributed by atoms with Crippen LogP contribution in [0, 0.1) is 0 Å². The Morgan fingerprint density at radius 2 is 2.17 bits per heavy atom. The maximum atomic E-state index is 5.56. The van der Waals surface area contributed by atoms with E-state index >= 15 is 0 Å². The van der Waals surface area contributed by atoms with E-state index in [9.17, 15) is 0 Å². The summed E-state index contributed by atoms with van der Waals surface area (Å²) in [6.45, 7) is 7.75. The van der Waals surface area contributed by atoms with Crippen molar-refractivity contribution in [3.8, 4) is 0 Å². The topological polar surface area (TPSA) is 50.4 Å². The van der Waals surface area contributed by atoms with E-state index in [1.165, 1.54) is 5.57 Å². The molecule has 0 aliphatic carbocycles. The van der Waals surface area contributed by atoms with Gasteiger partial charge in [0.05, 0.1) is 6.54 Å². The third-order valence-electron chi connectivity index (χ3n) is 1.32. The summed E-state index contributed by atoms with van der Waals surface area (Å²) in [5.74, 6) is 0.536. The zero-order valence-electron chi connectivity index (χ0n) is 8.22. The lowest BCUT2D eigenvalue weighted by molar-refractivity contribution is 0.830. The first kappa shape index (κ1) is 11.0.